The molecular formula is C16H19NO5. The van der Waals surface area contributed by atoms with Crippen LogP contribution in [0.1, 0.15) is 31.1 Å². The van der Waals surface area contributed by atoms with E-state index >= 15 is 0 Å². The second kappa shape index (κ2) is 8.61. The molecule has 1 rings (SSSR count). The molecule has 0 bridgehead atoms. The third-order valence-corrected chi connectivity index (χ3v) is 2.45. The molecule has 0 spiro atoms. The van der Waals surface area contributed by atoms with Crippen molar-refractivity contribution >= 4 is 23.5 Å². The third-order valence-electron chi connectivity index (χ3n) is 2.45. The normalized spacial score (nSPS) is 9.59. The molecule has 0 aromatic heterocycles. The molecule has 0 saturated carbocycles. The number of rotatable bonds is 6. The van der Waals surface area contributed by atoms with E-state index in [0.717, 1.165) is 5.57 Å². The average molecular weight is 305 g/mol. The van der Waals surface area contributed by atoms with E-state index in [4.69, 9.17) is 9.47 Å². The molecule has 0 aliphatic heterocycles. The number of anilines is 1. The van der Waals surface area contributed by atoms with Gasteiger partial charge in [-0.25, -0.2) is 9.59 Å². The largest absolute Gasteiger partial charge is 0.462 e. The van der Waals surface area contributed by atoms with Gasteiger partial charge in [0.05, 0.1) is 17.9 Å². The van der Waals surface area contributed by atoms with Crippen LogP contribution < -0.4 is 5.32 Å². The lowest BCUT2D eigenvalue weighted by molar-refractivity contribution is -0.142. The summed E-state index contributed by atoms with van der Waals surface area (Å²) in [7, 11) is 0. The number of amides is 1. The van der Waals surface area contributed by atoms with E-state index in [1.54, 1.807) is 45.0 Å². The maximum atomic E-state index is 11.8. The Kier molecular flexibility index (Phi) is 6.82. The van der Waals surface area contributed by atoms with Crippen LogP contribution in [-0.2, 0) is 19.1 Å². The number of para-hydroxylation sites is 1. The number of hydrogen-bond acceptors (Lipinski definition) is 5. The maximum absolute atomic E-state index is 11.8. The van der Waals surface area contributed by atoms with Crippen LogP contribution in [0, 0.1) is 0 Å². The molecule has 1 aromatic rings. The Morgan fingerprint density at radius 2 is 1.82 bits per heavy atom. The van der Waals surface area contributed by atoms with Crippen molar-refractivity contribution in [2.45, 2.75) is 20.8 Å². The Bertz CT molecular complexity index is 588. The smallest absolute Gasteiger partial charge is 0.340 e. The fourth-order valence-electron chi connectivity index (χ4n) is 1.58. The monoisotopic (exact) mass is 305 g/mol. The van der Waals surface area contributed by atoms with Gasteiger partial charge < -0.3 is 14.8 Å². The number of nitrogens with one attached hydrogen (secondary N) is 1. The summed E-state index contributed by atoms with van der Waals surface area (Å²) in [4.78, 5) is 34.9. The minimum absolute atomic E-state index is 0.238. The Morgan fingerprint density at radius 3 is 2.45 bits per heavy atom. The van der Waals surface area contributed by atoms with Gasteiger partial charge in [0.1, 0.15) is 0 Å². The van der Waals surface area contributed by atoms with Gasteiger partial charge in [0.25, 0.3) is 5.91 Å². The molecule has 118 valence electrons. The summed E-state index contributed by atoms with van der Waals surface area (Å²) in [5.41, 5.74) is 1.33. The van der Waals surface area contributed by atoms with E-state index in [2.05, 4.69) is 5.32 Å². The highest BCUT2D eigenvalue weighted by atomic mass is 16.5. The van der Waals surface area contributed by atoms with Gasteiger partial charge in [-0.1, -0.05) is 17.7 Å². The fourth-order valence-corrected chi connectivity index (χ4v) is 1.58. The average Bonchev–Trinajstić information content (AvgIpc) is 2.45. The van der Waals surface area contributed by atoms with Crippen molar-refractivity contribution in [2.75, 3.05) is 18.5 Å². The first-order chi connectivity index (χ1) is 10.4. The van der Waals surface area contributed by atoms with Crippen LogP contribution >= 0.6 is 0 Å². The van der Waals surface area contributed by atoms with Crippen LogP contribution in [-0.4, -0.2) is 31.1 Å². The molecule has 6 heteroatoms. The second-order valence-corrected chi connectivity index (χ2v) is 4.64. The van der Waals surface area contributed by atoms with Crippen LogP contribution in [0.15, 0.2) is 35.9 Å². The molecule has 22 heavy (non-hydrogen) atoms. The van der Waals surface area contributed by atoms with Crippen molar-refractivity contribution in [1.29, 1.82) is 0 Å². The van der Waals surface area contributed by atoms with E-state index in [9.17, 15) is 14.4 Å². The highest BCUT2D eigenvalue weighted by Gasteiger charge is 2.14. The van der Waals surface area contributed by atoms with Crippen LogP contribution in [0.4, 0.5) is 5.69 Å². The predicted molar refractivity (Wildman–Crippen MR) is 81.4 cm³/mol. The highest BCUT2D eigenvalue weighted by molar-refractivity contribution is 6.02. The first kappa shape index (κ1) is 17.4. The van der Waals surface area contributed by atoms with Gasteiger partial charge >= 0.3 is 11.9 Å². The van der Waals surface area contributed by atoms with Crippen molar-refractivity contribution in [3.63, 3.8) is 0 Å². The zero-order valence-electron chi connectivity index (χ0n) is 12.8. The quantitative estimate of drug-likeness (QED) is 0.644. The Balaban J connectivity index is 2.67. The number of carbonyl (C=O) groups is 3. The lowest BCUT2D eigenvalue weighted by atomic mass is 10.2. The highest BCUT2D eigenvalue weighted by Crippen LogP contribution is 2.16. The van der Waals surface area contributed by atoms with Crippen molar-refractivity contribution in [1.82, 2.24) is 0 Å². The minimum atomic E-state index is -0.589. The number of benzene rings is 1. The molecule has 1 N–H and O–H groups in total. The summed E-state index contributed by atoms with van der Waals surface area (Å²) in [5.74, 6) is -1.65. The molecule has 0 fully saturated rings. The molecule has 1 amide bonds. The molecule has 0 atom stereocenters. The van der Waals surface area contributed by atoms with Gasteiger partial charge in [0.2, 0.25) is 0 Å². The zero-order chi connectivity index (χ0) is 16.5. The molecule has 0 aliphatic carbocycles. The summed E-state index contributed by atoms with van der Waals surface area (Å²) in [5, 5.41) is 2.52. The number of esters is 2. The van der Waals surface area contributed by atoms with E-state index in [0.29, 0.717) is 5.69 Å². The molecular weight excluding hydrogens is 286 g/mol. The van der Waals surface area contributed by atoms with Gasteiger partial charge in [-0.15, -0.1) is 0 Å². The summed E-state index contributed by atoms with van der Waals surface area (Å²) >= 11 is 0. The molecule has 1 aromatic carbocycles. The van der Waals surface area contributed by atoms with E-state index < -0.39 is 24.5 Å². The third kappa shape index (κ3) is 5.78. The lowest BCUT2D eigenvalue weighted by Gasteiger charge is -2.10. The van der Waals surface area contributed by atoms with Crippen molar-refractivity contribution in [3.05, 3.63) is 41.5 Å². The van der Waals surface area contributed by atoms with E-state index in [1.165, 1.54) is 6.08 Å². The van der Waals surface area contributed by atoms with Crippen molar-refractivity contribution in [3.8, 4) is 0 Å². The van der Waals surface area contributed by atoms with E-state index in [-0.39, 0.29) is 12.2 Å². The standard InChI is InChI=1S/C16H19NO5/c1-4-21-16(20)12-7-5-6-8-13(12)17-14(18)10-22-15(19)9-11(2)3/h5-9H,4,10H2,1-3H3,(H,17,18). The number of carbonyl (C=O) groups excluding carboxylic acids is 3. The van der Waals surface area contributed by atoms with Crippen molar-refractivity contribution in [2.24, 2.45) is 0 Å². The first-order valence-electron chi connectivity index (χ1n) is 6.81. The number of allylic oxidation sites excluding steroid dienone is 1. The summed E-state index contributed by atoms with van der Waals surface area (Å²) in [6.07, 6.45) is 1.29. The van der Waals surface area contributed by atoms with Gasteiger partial charge in [-0.05, 0) is 32.9 Å². The number of ether oxygens (including phenoxy) is 2. The van der Waals surface area contributed by atoms with Crippen LogP contribution in [0.25, 0.3) is 0 Å². The van der Waals surface area contributed by atoms with E-state index in [1.807, 2.05) is 0 Å². The first-order valence-corrected chi connectivity index (χ1v) is 6.81. The molecule has 0 aliphatic rings. The topological polar surface area (TPSA) is 81.7 Å². The molecule has 0 saturated heterocycles. The Hall–Kier alpha value is -2.63. The van der Waals surface area contributed by atoms with Crippen LogP contribution in [0.2, 0.25) is 0 Å². The minimum Gasteiger partial charge on any atom is -0.462 e. The zero-order valence-corrected chi connectivity index (χ0v) is 12.8. The fraction of sp³-hybridized carbons (Fsp3) is 0.312. The summed E-state index contributed by atoms with van der Waals surface area (Å²) < 4.78 is 9.70. The molecule has 6 nitrogen and oxygen atoms in total. The Morgan fingerprint density at radius 1 is 1.14 bits per heavy atom. The maximum Gasteiger partial charge on any atom is 0.340 e. The van der Waals surface area contributed by atoms with Crippen LogP contribution in [0.5, 0.6) is 0 Å². The van der Waals surface area contributed by atoms with Gasteiger partial charge in [-0.3, -0.25) is 4.79 Å². The summed E-state index contributed by atoms with van der Waals surface area (Å²) in [6, 6.07) is 6.45. The lowest BCUT2D eigenvalue weighted by Crippen LogP contribution is -2.21. The molecule has 0 heterocycles. The van der Waals surface area contributed by atoms with Crippen molar-refractivity contribution < 1.29 is 23.9 Å². The molecule has 0 unspecified atom stereocenters. The van der Waals surface area contributed by atoms with Gasteiger partial charge in [0.15, 0.2) is 6.61 Å². The second-order valence-electron chi connectivity index (χ2n) is 4.64. The SMILES string of the molecule is CCOC(=O)c1ccccc1NC(=O)COC(=O)C=C(C)C. The van der Waals surface area contributed by atoms with Gasteiger partial charge in [0, 0.05) is 6.08 Å². The summed E-state index contributed by atoms with van der Waals surface area (Å²) in [6.45, 7) is 5.00. The predicted octanol–water partition coefficient (Wildman–Crippen LogP) is 2.31. The van der Waals surface area contributed by atoms with Gasteiger partial charge in [-0.2, -0.15) is 0 Å². The van der Waals surface area contributed by atoms with Crippen LogP contribution in [0.3, 0.4) is 0 Å². The molecule has 0 radical (unpaired) electrons. The Labute approximate surface area is 129 Å². The number of hydrogen-bond donors (Lipinski definition) is 1.